The smallest absolute Gasteiger partial charge is 0.326 e. The molecule has 1 atom stereocenters. The van der Waals surface area contributed by atoms with Gasteiger partial charge in [-0.1, -0.05) is 6.92 Å². The Bertz CT molecular complexity index is 214. The molecular formula is C12H25NO3S. The van der Waals surface area contributed by atoms with Crippen molar-refractivity contribution in [3.8, 4) is 0 Å². The number of carbonyl (C=O) groups excluding carboxylic acids is 1. The lowest BCUT2D eigenvalue weighted by atomic mass is 9.99. The predicted octanol–water partition coefficient (Wildman–Crippen LogP) is 1.69. The van der Waals surface area contributed by atoms with Crippen LogP contribution in [0.5, 0.6) is 0 Å². The third kappa shape index (κ3) is 6.91. The molecule has 1 unspecified atom stereocenters. The van der Waals surface area contributed by atoms with Crippen LogP contribution in [0.4, 0.5) is 0 Å². The normalized spacial score (nSPS) is 14.4. The van der Waals surface area contributed by atoms with Gasteiger partial charge in [0.15, 0.2) is 0 Å². The average Bonchev–Trinajstić information content (AvgIpc) is 2.29. The number of ether oxygens (including phenoxy) is 2. The number of esters is 1. The van der Waals surface area contributed by atoms with Gasteiger partial charge in [-0.05, 0) is 32.6 Å². The maximum absolute atomic E-state index is 11.9. The molecule has 0 fully saturated rings. The van der Waals surface area contributed by atoms with E-state index in [0.29, 0.717) is 6.61 Å². The van der Waals surface area contributed by atoms with E-state index in [1.807, 2.05) is 20.8 Å². The highest BCUT2D eigenvalue weighted by atomic mass is 32.2. The maximum Gasteiger partial charge on any atom is 0.326 e. The van der Waals surface area contributed by atoms with Gasteiger partial charge in [0.1, 0.15) is 5.54 Å². The van der Waals surface area contributed by atoms with Crippen molar-refractivity contribution in [2.75, 3.05) is 38.4 Å². The van der Waals surface area contributed by atoms with Crippen molar-refractivity contribution < 1.29 is 14.3 Å². The van der Waals surface area contributed by atoms with Gasteiger partial charge in [0.2, 0.25) is 0 Å². The van der Waals surface area contributed by atoms with Crippen molar-refractivity contribution in [3.05, 3.63) is 0 Å². The van der Waals surface area contributed by atoms with Crippen molar-refractivity contribution in [1.82, 2.24) is 5.32 Å². The topological polar surface area (TPSA) is 47.6 Å². The van der Waals surface area contributed by atoms with Crippen LogP contribution in [0.25, 0.3) is 0 Å². The molecule has 0 spiro atoms. The molecule has 0 aromatic carbocycles. The van der Waals surface area contributed by atoms with Gasteiger partial charge in [0, 0.05) is 12.9 Å². The Morgan fingerprint density at radius 1 is 1.35 bits per heavy atom. The molecule has 0 saturated carbocycles. The predicted molar refractivity (Wildman–Crippen MR) is 72.5 cm³/mol. The number of nitrogens with one attached hydrogen (secondary N) is 1. The highest BCUT2D eigenvalue weighted by molar-refractivity contribution is 7.99. The van der Waals surface area contributed by atoms with Crippen LogP contribution in [0.1, 0.15) is 27.2 Å². The molecule has 5 heteroatoms. The van der Waals surface area contributed by atoms with Gasteiger partial charge < -0.3 is 14.8 Å². The summed E-state index contributed by atoms with van der Waals surface area (Å²) in [5.41, 5.74) is -0.565. The molecule has 0 aliphatic heterocycles. The number of hydrogen-bond acceptors (Lipinski definition) is 5. The molecular weight excluding hydrogens is 238 g/mol. The Labute approximate surface area is 109 Å². The van der Waals surface area contributed by atoms with E-state index >= 15 is 0 Å². The minimum absolute atomic E-state index is 0.158. The maximum atomic E-state index is 11.9. The highest BCUT2D eigenvalue weighted by Gasteiger charge is 2.33. The van der Waals surface area contributed by atoms with Gasteiger partial charge in [-0.2, -0.15) is 11.8 Å². The zero-order valence-corrected chi connectivity index (χ0v) is 12.2. The summed E-state index contributed by atoms with van der Waals surface area (Å²) in [6.07, 6.45) is 0.772. The van der Waals surface area contributed by atoms with E-state index in [1.54, 1.807) is 18.9 Å². The second kappa shape index (κ2) is 9.74. The first-order valence-electron chi connectivity index (χ1n) is 6.09. The molecule has 0 amide bonds. The van der Waals surface area contributed by atoms with Gasteiger partial charge >= 0.3 is 5.97 Å². The molecule has 102 valence electrons. The molecule has 0 radical (unpaired) electrons. The summed E-state index contributed by atoms with van der Waals surface area (Å²) in [6.45, 7) is 7.68. The quantitative estimate of drug-likeness (QED) is 0.480. The first-order chi connectivity index (χ1) is 8.10. The first kappa shape index (κ1) is 16.7. The largest absolute Gasteiger partial charge is 0.465 e. The zero-order chi connectivity index (χ0) is 13.1. The fraction of sp³-hybridized carbons (Fsp3) is 0.917. The van der Waals surface area contributed by atoms with Gasteiger partial charge in [-0.3, -0.25) is 4.79 Å². The first-order valence-corrected chi connectivity index (χ1v) is 7.25. The van der Waals surface area contributed by atoms with Crippen LogP contribution in [0.2, 0.25) is 0 Å². The van der Waals surface area contributed by atoms with E-state index in [2.05, 4.69) is 5.32 Å². The third-order valence-electron chi connectivity index (χ3n) is 2.47. The van der Waals surface area contributed by atoms with Crippen molar-refractivity contribution >= 4 is 17.7 Å². The summed E-state index contributed by atoms with van der Waals surface area (Å²) in [7, 11) is 1.70. The molecule has 0 rings (SSSR count). The van der Waals surface area contributed by atoms with E-state index in [4.69, 9.17) is 9.47 Å². The van der Waals surface area contributed by atoms with Crippen LogP contribution in [-0.4, -0.2) is 49.9 Å². The summed E-state index contributed by atoms with van der Waals surface area (Å²) in [4.78, 5) is 11.9. The van der Waals surface area contributed by atoms with E-state index in [9.17, 15) is 4.79 Å². The standard InChI is InChI=1S/C12H25NO3S/c1-5-13-12(3,11(14)16-6-2)7-9-17-10-8-15-4/h13H,5-10H2,1-4H3. The van der Waals surface area contributed by atoms with Crippen LogP contribution in [0.15, 0.2) is 0 Å². The number of hydrogen-bond donors (Lipinski definition) is 1. The lowest BCUT2D eigenvalue weighted by Crippen LogP contribution is -2.50. The molecule has 0 aromatic heterocycles. The minimum atomic E-state index is -0.565. The Morgan fingerprint density at radius 2 is 2.06 bits per heavy atom. The number of likely N-dealkylation sites (N-methyl/N-ethyl adjacent to an activating group) is 1. The second-order valence-electron chi connectivity index (χ2n) is 3.94. The summed E-state index contributed by atoms with van der Waals surface area (Å²) >= 11 is 1.79. The molecule has 0 aliphatic rings. The van der Waals surface area contributed by atoms with E-state index in [-0.39, 0.29) is 5.97 Å². The lowest BCUT2D eigenvalue weighted by Gasteiger charge is -2.27. The monoisotopic (exact) mass is 263 g/mol. The van der Waals surface area contributed by atoms with Crippen LogP contribution < -0.4 is 5.32 Å². The molecule has 4 nitrogen and oxygen atoms in total. The fourth-order valence-corrected chi connectivity index (χ4v) is 2.51. The fourth-order valence-electron chi connectivity index (χ4n) is 1.46. The van der Waals surface area contributed by atoms with Crippen molar-refractivity contribution in [2.24, 2.45) is 0 Å². The number of methoxy groups -OCH3 is 1. The highest BCUT2D eigenvalue weighted by Crippen LogP contribution is 2.16. The van der Waals surface area contributed by atoms with Gasteiger partial charge in [-0.15, -0.1) is 0 Å². The lowest BCUT2D eigenvalue weighted by molar-refractivity contribution is -0.150. The van der Waals surface area contributed by atoms with Crippen molar-refractivity contribution in [3.63, 3.8) is 0 Å². The van der Waals surface area contributed by atoms with Crippen LogP contribution in [0.3, 0.4) is 0 Å². The number of thioether (sulfide) groups is 1. The molecule has 0 bridgehead atoms. The average molecular weight is 263 g/mol. The van der Waals surface area contributed by atoms with E-state index in [0.717, 1.165) is 31.1 Å². The Balaban J connectivity index is 4.07. The minimum Gasteiger partial charge on any atom is -0.465 e. The SMILES string of the molecule is CCNC(C)(CCSCCOC)C(=O)OCC. The molecule has 0 heterocycles. The molecule has 1 N–H and O–H groups in total. The van der Waals surface area contributed by atoms with Gasteiger partial charge in [0.25, 0.3) is 0 Å². The van der Waals surface area contributed by atoms with Crippen molar-refractivity contribution in [2.45, 2.75) is 32.7 Å². The number of rotatable bonds is 10. The van der Waals surface area contributed by atoms with Crippen molar-refractivity contribution in [1.29, 1.82) is 0 Å². The zero-order valence-electron chi connectivity index (χ0n) is 11.4. The Morgan fingerprint density at radius 3 is 2.59 bits per heavy atom. The summed E-state index contributed by atoms with van der Waals surface area (Å²) in [5.74, 6) is 1.72. The molecule has 0 saturated heterocycles. The molecule has 0 aromatic rings. The van der Waals surface area contributed by atoms with E-state index < -0.39 is 5.54 Å². The third-order valence-corrected chi connectivity index (χ3v) is 3.42. The number of carbonyl (C=O) groups is 1. The van der Waals surface area contributed by atoms with E-state index in [1.165, 1.54) is 0 Å². The second-order valence-corrected chi connectivity index (χ2v) is 5.16. The molecule has 0 aliphatic carbocycles. The summed E-state index contributed by atoms with van der Waals surface area (Å²) in [6, 6.07) is 0. The van der Waals surface area contributed by atoms with Gasteiger partial charge in [0.05, 0.1) is 13.2 Å². The Hall–Kier alpha value is -0.260. The van der Waals surface area contributed by atoms with Crippen LogP contribution in [0, 0.1) is 0 Å². The van der Waals surface area contributed by atoms with Gasteiger partial charge in [-0.25, -0.2) is 0 Å². The molecule has 17 heavy (non-hydrogen) atoms. The Kier molecular flexibility index (Phi) is 9.59. The summed E-state index contributed by atoms with van der Waals surface area (Å²) in [5, 5.41) is 3.22. The van der Waals surface area contributed by atoms with Crippen LogP contribution in [-0.2, 0) is 14.3 Å². The summed E-state index contributed by atoms with van der Waals surface area (Å²) < 4.78 is 10.1. The van der Waals surface area contributed by atoms with Crippen LogP contribution >= 0.6 is 11.8 Å².